The molecule has 1 aromatic carbocycles. The number of rotatable bonds is 5. The van der Waals surface area contributed by atoms with Crippen LogP contribution in [-0.4, -0.2) is 11.5 Å². The van der Waals surface area contributed by atoms with Crippen LogP contribution in [0.4, 0.5) is 4.39 Å². The lowest BCUT2D eigenvalue weighted by Crippen LogP contribution is -2.18. The molecule has 0 amide bonds. The van der Waals surface area contributed by atoms with Gasteiger partial charge in [0.2, 0.25) is 0 Å². The summed E-state index contributed by atoms with van der Waals surface area (Å²) in [6, 6.07) is 8.26. The molecule has 0 saturated carbocycles. The van der Waals surface area contributed by atoms with Crippen LogP contribution in [0, 0.1) is 12.7 Å². The normalized spacial score (nSPS) is 12.2. The van der Waals surface area contributed by atoms with Gasteiger partial charge in [-0.1, -0.05) is 6.92 Å². The molecule has 0 bridgehead atoms. The minimum atomic E-state index is -0.264. The van der Waals surface area contributed by atoms with E-state index >= 15 is 0 Å². The molecule has 3 nitrogen and oxygen atoms in total. The fourth-order valence-corrected chi connectivity index (χ4v) is 2.06. The smallest absolute Gasteiger partial charge is 0.148 e. The van der Waals surface area contributed by atoms with E-state index in [0.717, 1.165) is 17.8 Å². The molecule has 0 radical (unpaired) electrons. The summed E-state index contributed by atoms with van der Waals surface area (Å²) < 4.78 is 19.4. The van der Waals surface area contributed by atoms with E-state index in [1.165, 1.54) is 12.1 Å². The van der Waals surface area contributed by atoms with Crippen LogP contribution in [-0.2, 0) is 0 Å². The molecule has 0 spiro atoms. The Balaban J connectivity index is 2.34. The highest BCUT2D eigenvalue weighted by Gasteiger charge is 2.13. The van der Waals surface area contributed by atoms with Gasteiger partial charge in [0.25, 0.3) is 0 Å². The summed E-state index contributed by atoms with van der Waals surface area (Å²) in [5.74, 6) is 1.07. The Bertz CT molecular complexity index is 586. The maximum atomic E-state index is 13.5. The summed E-state index contributed by atoms with van der Waals surface area (Å²) in [5, 5.41) is 3.27. The van der Waals surface area contributed by atoms with E-state index in [9.17, 15) is 4.39 Å². The lowest BCUT2D eigenvalue weighted by molar-refractivity contribution is 0.454. The minimum Gasteiger partial charge on any atom is -0.455 e. The van der Waals surface area contributed by atoms with Crippen molar-refractivity contribution >= 4 is 0 Å². The van der Waals surface area contributed by atoms with E-state index < -0.39 is 0 Å². The van der Waals surface area contributed by atoms with Crippen molar-refractivity contribution in [1.29, 1.82) is 0 Å². The lowest BCUT2D eigenvalue weighted by Gasteiger charge is -2.18. The monoisotopic (exact) mass is 274 g/mol. The lowest BCUT2D eigenvalue weighted by atomic mass is 10.1. The van der Waals surface area contributed by atoms with Crippen LogP contribution in [0.3, 0.4) is 0 Å². The predicted octanol–water partition coefficient (Wildman–Crippen LogP) is 3.99. The predicted molar refractivity (Wildman–Crippen MR) is 77.5 cm³/mol. The first-order valence-corrected chi connectivity index (χ1v) is 6.74. The highest BCUT2D eigenvalue weighted by atomic mass is 19.1. The average Bonchev–Trinajstić information content (AvgIpc) is 2.43. The van der Waals surface area contributed by atoms with Gasteiger partial charge in [0.15, 0.2) is 0 Å². The summed E-state index contributed by atoms with van der Waals surface area (Å²) in [5.41, 5.74) is 1.61. The molecule has 1 aromatic heterocycles. The number of aryl methyl sites for hydroxylation is 1. The summed E-state index contributed by atoms with van der Waals surface area (Å²) in [6.45, 7) is 6.69. The molecular weight excluding hydrogens is 255 g/mol. The maximum absolute atomic E-state index is 13.5. The molecule has 2 rings (SSSR count). The van der Waals surface area contributed by atoms with Gasteiger partial charge in [-0.05, 0) is 50.7 Å². The fourth-order valence-electron chi connectivity index (χ4n) is 2.06. The molecule has 106 valence electrons. The van der Waals surface area contributed by atoms with Crippen molar-refractivity contribution in [3.05, 3.63) is 53.6 Å². The quantitative estimate of drug-likeness (QED) is 0.895. The van der Waals surface area contributed by atoms with Crippen molar-refractivity contribution in [1.82, 2.24) is 10.3 Å². The SMILES string of the molecule is CCNC(C)c1cc(F)ccc1Oc1cccnc1C. The third-order valence-electron chi connectivity index (χ3n) is 3.13. The van der Waals surface area contributed by atoms with E-state index in [-0.39, 0.29) is 11.9 Å². The van der Waals surface area contributed by atoms with E-state index in [1.54, 1.807) is 12.3 Å². The minimum absolute atomic E-state index is 0.0164. The summed E-state index contributed by atoms with van der Waals surface area (Å²) in [6.07, 6.45) is 1.72. The maximum Gasteiger partial charge on any atom is 0.148 e. The van der Waals surface area contributed by atoms with Crippen molar-refractivity contribution < 1.29 is 9.13 Å². The van der Waals surface area contributed by atoms with Gasteiger partial charge in [0.05, 0.1) is 5.69 Å². The van der Waals surface area contributed by atoms with Gasteiger partial charge in [0, 0.05) is 17.8 Å². The van der Waals surface area contributed by atoms with Crippen LogP contribution in [0.2, 0.25) is 0 Å². The molecule has 1 atom stereocenters. The topological polar surface area (TPSA) is 34.1 Å². The number of hydrogen-bond acceptors (Lipinski definition) is 3. The standard InChI is InChI=1S/C16H19FN2O/c1-4-18-11(2)14-10-13(17)7-8-16(14)20-15-6-5-9-19-12(15)3/h5-11,18H,4H2,1-3H3. The van der Waals surface area contributed by atoms with Crippen LogP contribution in [0.25, 0.3) is 0 Å². The zero-order valence-electron chi connectivity index (χ0n) is 12.0. The molecule has 4 heteroatoms. The van der Waals surface area contributed by atoms with Gasteiger partial charge >= 0.3 is 0 Å². The Kier molecular flexibility index (Phi) is 4.69. The highest BCUT2D eigenvalue weighted by molar-refractivity contribution is 5.40. The first-order chi connectivity index (χ1) is 9.61. The number of ether oxygens (including phenoxy) is 1. The highest BCUT2D eigenvalue weighted by Crippen LogP contribution is 2.31. The third-order valence-corrected chi connectivity index (χ3v) is 3.13. The summed E-state index contributed by atoms with van der Waals surface area (Å²) >= 11 is 0. The second kappa shape index (κ2) is 6.48. The number of nitrogens with one attached hydrogen (secondary N) is 1. The van der Waals surface area contributed by atoms with Crippen LogP contribution in [0.5, 0.6) is 11.5 Å². The van der Waals surface area contributed by atoms with Gasteiger partial charge in [-0.2, -0.15) is 0 Å². The van der Waals surface area contributed by atoms with Crippen LogP contribution in [0.15, 0.2) is 36.5 Å². The van der Waals surface area contributed by atoms with Gasteiger partial charge in [-0.25, -0.2) is 4.39 Å². The summed E-state index contributed by atoms with van der Waals surface area (Å²) in [4.78, 5) is 4.19. The number of aromatic nitrogens is 1. The van der Waals surface area contributed by atoms with E-state index in [2.05, 4.69) is 10.3 Å². The van der Waals surface area contributed by atoms with Crippen molar-refractivity contribution in [2.24, 2.45) is 0 Å². The van der Waals surface area contributed by atoms with Gasteiger partial charge < -0.3 is 10.1 Å². The van der Waals surface area contributed by atoms with Crippen molar-refractivity contribution in [2.45, 2.75) is 26.8 Å². The molecule has 1 unspecified atom stereocenters. The number of nitrogens with zero attached hydrogens (tertiary/aromatic N) is 1. The Hall–Kier alpha value is -1.94. The average molecular weight is 274 g/mol. The molecule has 2 aromatic rings. The molecule has 0 aliphatic carbocycles. The number of halogens is 1. The van der Waals surface area contributed by atoms with Gasteiger partial charge in [0.1, 0.15) is 17.3 Å². The van der Waals surface area contributed by atoms with Crippen molar-refractivity contribution in [3.8, 4) is 11.5 Å². The molecule has 1 N–H and O–H groups in total. The van der Waals surface area contributed by atoms with Crippen molar-refractivity contribution in [3.63, 3.8) is 0 Å². The molecule has 0 aliphatic rings. The molecule has 0 saturated heterocycles. The van der Waals surface area contributed by atoms with E-state index in [4.69, 9.17) is 4.74 Å². The Morgan fingerprint density at radius 1 is 1.30 bits per heavy atom. The van der Waals surface area contributed by atoms with Crippen LogP contribution >= 0.6 is 0 Å². The number of hydrogen-bond donors (Lipinski definition) is 1. The van der Waals surface area contributed by atoms with Crippen LogP contribution in [0.1, 0.15) is 31.1 Å². The van der Waals surface area contributed by atoms with Crippen LogP contribution < -0.4 is 10.1 Å². The Morgan fingerprint density at radius 3 is 2.80 bits per heavy atom. The molecule has 20 heavy (non-hydrogen) atoms. The van der Waals surface area contributed by atoms with Crippen molar-refractivity contribution in [2.75, 3.05) is 6.54 Å². The largest absolute Gasteiger partial charge is 0.455 e. The second-order valence-electron chi connectivity index (χ2n) is 4.65. The molecule has 0 aliphatic heterocycles. The zero-order chi connectivity index (χ0) is 14.5. The molecule has 1 heterocycles. The first-order valence-electron chi connectivity index (χ1n) is 6.74. The zero-order valence-corrected chi connectivity index (χ0v) is 12.0. The molecular formula is C16H19FN2O. The van der Waals surface area contributed by atoms with E-state index in [1.807, 2.05) is 32.9 Å². The first kappa shape index (κ1) is 14.5. The number of pyridine rings is 1. The van der Waals surface area contributed by atoms with Gasteiger partial charge in [-0.3, -0.25) is 4.98 Å². The Labute approximate surface area is 118 Å². The van der Waals surface area contributed by atoms with Gasteiger partial charge in [-0.15, -0.1) is 0 Å². The third kappa shape index (κ3) is 3.33. The second-order valence-corrected chi connectivity index (χ2v) is 4.65. The molecule has 0 fully saturated rings. The fraction of sp³-hybridized carbons (Fsp3) is 0.312. The summed E-state index contributed by atoms with van der Waals surface area (Å²) in [7, 11) is 0. The number of benzene rings is 1. The van der Waals surface area contributed by atoms with E-state index in [0.29, 0.717) is 11.5 Å². The Morgan fingerprint density at radius 2 is 2.10 bits per heavy atom.